The van der Waals surface area contributed by atoms with Crippen LogP contribution >= 0.6 is 0 Å². The van der Waals surface area contributed by atoms with Gasteiger partial charge < -0.3 is 10.4 Å². The minimum absolute atomic E-state index is 0.0181. The number of nitrogens with one attached hydrogen (secondary N) is 2. The van der Waals surface area contributed by atoms with Crippen LogP contribution in [0.15, 0.2) is 24.3 Å². The van der Waals surface area contributed by atoms with E-state index in [1.807, 2.05) is 19.1 Å². The first-order valence-electron chi connectivity index (χ1n) is 7.51. The Morgan fingerprint density at radius 2 is 2.00 bits per heavy atom. The van der Waals surface area contributed by atoms with Gasteiger partial charge in [0, 0.05) is 17.7 Å². The van der Waals surface area contributed by atoms with Crippen molar-refractivity contribution in [2.45, 2.75) is 32.6 Å². The Bertz CT molecular complexity index is 732. The van der Waals surface area contributed by atoms with E-state index in [1.54, 1.807) is 12.1 Å². The van der Waals surface area contributed by atoms with Crippen LogP contribution in [0, 0.1) is 12.3 Å². The van der Waals surface area contributed by atoms with E-state index in [0.717, 1.165) is 17.8 Å². The molecule has 3 N–H and O–H groups in total. The Kier molecular flexibility index (Phi) is 3.85. The molecule has 1 amide bonds. The molecule has 1 aliphatic rings. The summed E-state index contributed by atoms with van der Waals surface area (Å²) in [5.41, 5.74) is 0.597. The standard InChI is InChI=1S/C16H18N4O3/c1-10-17-14(20-19-10)11-3-5-12(6-4-11)18-13(21)9-16(15(22)23)7-2-8-16/h3-6H,2,7-9H2,1H3,(H,18,21)(H,22,23)(H,17,19,20). The number of anilines is 1. The summed E-state index contributed by atoms with van der Waals surface area (Å²) >= 11 is 0. The summed E-state index contributed by atoms with van der Waals surface area (Å²) in [6.45, 7) is 1.82. The molecule has 1 aliphatic carbocycles. The fraction of sp³-hybridized carbons (Fsp3) is 0.375. The average Bonchev–Trinajstić information content (AvgIpc) is 2.90. The highest BCUT2D eigenvalue weighted by atomic mass is 16.4. The fourth-order valence-corrected chi connectivity index (χ4v) is 2.76. The Hall–Kier alpha value is -2.70. The van der Waals surface area contributed by atoms with Gasteiger partial charge in [0.25, 0.3) is 0 Å². The molecule has 23 heavy (non-hydrogen) atoms. The average molecular weight is 314 g/mol. The summed E-state index contributed by atoms with van der Waals surface area (Å²) in [5.74, 6) is 0.180. The van der Waals surface area contributed by atoms with Crippen molar-refractivity contribution in [3.63, 3.8) is 0 Å². The van der Waals surface area contributed by atoms with E-state index in [1.165, 1.54) is 0 Å². The van der Waals surface area contributed by atoms with Gasteiger partial charge in [-0.15, -0.1) is 0 Å². The van der Waals surface area contributed by atoms with Crippen LogP contribution in [0.2, 0.25) is 0 Å². The first-order chi connectivity index (χ1) is 11.0. The number of carboxylic acids is 1. The molecular formula is C16H18N4O3. The number of aromatic nitrogens is 3. The number of nitrogens with zero attached hydrogens (tertiary/aromatic N) is 2. The van der Waals surface area contributed by atoms with Crippen molar-refractivity contribution in [1.29, 1.82) is 0 Å². The molecule has 0 spiro atoms. The summed E-state index contributed by atoms with van der Waals surface area (Å²) in [6, 6.07) is 7.14. The summed E-state index contributed by atoms with van der Waals surface area (Å²) < 4.78 is 0. The third-order valence-corrected chi connectivity index (χ3v) is 4.29. The summed E-state index contributed by atoms with van der Waals surface area (Å²) in [5, 5.41) is 18.9. The van der Waals surface area contributed by atoms with E-state index < -0.39 is 11.4 Å². The van der Waals surface area contributed by atoms with Crippen molar-refractivity contribution >= 4 is 17.6 Å². The molecule has 3 rings (SSSR count). The van der Waals surface area contributed by atoms with Gasteiger partial charge in [-0.25, -0.2) is 4.98 Å². The van der Waals surface area contributed by atoms with Gasteiger partial charge in [-0.3, -0.25) is 14.7 Å². The maximum Gasteiger partial charge on any atom is 0.310 e. The second kappa shape index (κ2) is 5.83. The Balaban J connectivity index is 1.64. The van der Waals surface area contributed by atoms with Crippen molar-refractivity contribution in [2.24, 2.45) is 5.41 Å². The number of carboxylic acid groups (broad SMARTS) is 1. The number of aryl methyl sites for hydroxylation is 1. The number of H-pyrrole nitrogens is 1. The van der Waals surface area contributed by atoms with E-state index in [2.05, 4.69) is 20.5 Å². The molecular weight excluding hydrogens is 296 g/mol. The first kappa shape index (κ1) is 15.2. The normalized spacial score (nSPS) is 15.7. The lowest BCUT2D eigenvalue weighted by Gasteiger charge is -2.36. The van der Waals surface area contributed by atoms with Crippen LogP contribution in [0.1, 0.15) is 31.5 Å². The molecule has 0 bridgehead atoms. The third kappa shape index (κ3) is 3.08. The van der Waals surface area contributed by atoms with Crippen molar-refractivity contribution in [3.05, 3.63) is 30.1 Å². The van der Waals surface area contributed by atoms with Gasteiger partial charge in [-0.2, -0.15) is 5.10 Å². The molecule has 1 fully saturated rings. The smallest absolute Gasteiger partial charge is 0.310 e. The number of carbonyl (C=O) groups is 2. The van der Waals surface area contributed by atoms with E-state index in [0.29, 0.717) is 24.4 Å². The highest BCUT2D eigenvalue weighted by molar-refractivity contribution is 5.94. The lowest BCUT2D eigenvalue weighted by molar-refractivity contribution is -0.157. The molecule has 120 valence electrons. The monoisotopic (exact) mass is 314 g/mol. The predicted octanol–water partition coefficient (Wildman–Crippen LogP) is 2.36. The SMILES string of the molecule is Cc1nc(-c2ccc(NC(=O)CC3(C(=O)O)CCC3)cc2)n[nH]1. The highest BCUT2D eigenvalue weighted by Crippen LogP contribution is 2.44. The molecule has 0 saturated heterocycles. The summed E-state index contributed by atoms with van der Waals surface area (Å²) in [6.07, 6.45) is 2.02. The van der Waals surface area contributed by atoms with Gasteiger partial charge >= 0.3 is 5.97 Å². The number of hydrogen-bond donors (Lipinski definition) is 3. The van der Waals surface area contributed by atoms with Crippen LogP contribution in [0.25, 0.3) is 11.4 Å². The van der Waals surface area contributed by atoms with E-state index >= 15 is 0 Å². The number of carbonyl (C=O) groups excluding carboxylic acids is 1. The second-order valence-corrected chi connectivity index (χ2v) is 5.99. The van der Waals surface area contributed by atoms with Crippen LogP contribution < -0.4 is 5.32 Å². The van der Waals surface area contributed by atoms with Crippen molar-refractivity contribution < 1.29 is 14.7 Å². The number of aliphatic carboxylic acids is 1. The lowest BCUT2D eigenvalue weighted by atomic mass is 9.66. The van der Waals surface area contributed by atoms with Crippen LogP contribution in [-0.4, -0.2) is 32.2 Å². The molecule has 0 unspecified atom stereocenters. The molecule has 7 heteroatoms. The van der Waals surface area contributed by atoms with Gasteiger partial charge in [0.1, 0.15) is 5.82 Å². The fourth-order valence-electron chi connectivity index (χ4n) is 2.76. The maximum atomic E-state index is 12.1. The van der Waals surface area contributed by atoms with E-state index in [4.69, 9.17) is 0 Å². The lowest BCUT2D eigenvalue weighted by Crippen LogP contribution is -2.41. The second-order valence-electron chi connectivity index (χ2n) is 5.99. The zero-order valence-electron chi connectivity index (χ0n) is 12.8. The van der Waals surface area contributed by atoms with Gasteiger partial charge in [0.15, 0.2) is 5.82 Å². The quantitative estimate of drug-likeness (QED) is 0.785. The summed E-state index contributed by atoms with van der Waals surface area (Å²) in [4.78, 5) is 27.6. The first-order valence-corrected chi connectivity index (χ1v) is 7.51. The van der Waals surface area contributed by atoms with E-state index in [-0.39, 0.29) is 12.3 Å². The molecule has 1 saturated carbocycles. The number of hydrogen-bond acceptors (Lipinski definition) is 4. The molecule has 0 atom stereocenters. The number of benzene rings is 1. The van der Waals surface area contributed by atoms with Crippen molar-refractivity contribution in [3.8, 4) is 11.4 Å². The minimum Gasteiger partial charge on any atom is -0.481 e. The van der Waals surface area contributed by atoms with Gasteiger partial charge in [0.05, 0.1) is 5.41 Å². The minimum atomic E-state index is -0.880. The van der Waals surface area contributed by atoms with Crippen LogP contribution in [0.3, 0.4) is 0 Å². The van der Waals surface area contributed by atoms with Crippen molar-refractivity contribution in [1.82, 2.24) is 15.2 Å². The largest absolute Gasteiger partial charge is 0.481 e. The zero-order chi connectivity index (χ0) is 16.4. The van der Waals surface area contributed by atoms with Crippen LogP contribution in [0.5, 0.6) is 0 Å². The molecule has 2 aromatic rings. The van der Waals surface area contributed by atoms with Gasteiger partial charge in [-0.05, 0) is 44.0 Å². The van der Waals surface area contributed by atoms with Crippen LogP contribution in [-0.2, 0) is 9.59 Å². The zero-order valence-corrected chi connectivity index (χ0v) is 12.8. The molecule has 1 aromatic carbocycles. The van der Waals surface area contributed by atoms with E-state index in [9.17, 15) is 14.7 Å². The predicted molar refractivity (Wildman–Crippen MR) is 83.7 cm³/mol. The number of amides is 1. The maximum absolute atomic E-state index is 12.1. The van der Waals surface area contributed by atoms with Gasteiger partial charge in [0.2, 0.25) is 5.91 Å². The topological polar surface area (TPSA) is 108 Å². The van der Waals surface area contributed by atoms with Crippen LogP contribution in [0.4, 0.5) is 5.69 Å². The van der Waals surface area contributed by atoms with Crippen molar-refractivity contribution in [2.75, 3.05) is 5.32 Å². The van der Waals surface area contributed by atoms with Gasteiger partial charge in [-0.1, -0.05) is 6.42 Å². The number of rotatable bonds is 5. The highest BCUT2D eigenvalue weighted by Gasteiger charge is 2.45. The molecule has 1 heterocycles. The Morgan fingerprint density at radius 3 is 2.48 bits per heavy atom. The number of aromatic amines is 1. The summed E-state index contributed by atoms with van der Waals surface area (Å²) in [7, 11) is 0. The molecule has 7 nitrogen and oxygen atoms in total. The Morgan fingerprint density at radius 1 is 1.30 bits per heavy atom. The molecule has 1 aromatic heterocycles. The molecule has 0 radical (unpaired) electrons. The Labute approximate surface area is 133 Å². The molecule has 0 aliphatic heterocycles. The third-order valence-electron chi connectivity index (χ3n) is 4.29.